The molecular weight excluding hydrogens is 324 g/mol. The Morgan fingerprint density at radius 1 is 0.615 bits per heavy atom. The summed E-state index contributed by atoms with van der Waals surface area (Å²) in [7, 11) is 0. The molecule has 26 heavy (non-hydrogen) atoms. The van der Waals surface area contributed by atoms with Gasteiger partial charge in [0.1, 0.15) is 0 Å². The molecule has 2 amide bonds. The number of amides is 2. The molecule has 0 spiro atoms. The van der Waals surface area contributed by atoms with Gasteiger partial charge in [0, 0.05) is 22.5 Å². The van der Waals surface area contributed by atoms with Crippen molar-refractivity contribution in [1.82, 2.24) is 0 Å². The number of nitrogens with one attached hydrogen (secondary N) is 2. The number of aryl methyl sites for hydroxylation is 2. The van der Waals surface area contributed by atoms with Crippen molar-refractivity contribution in [2.45, 2.75) is 13.8 Å². The molecule has 4 nitrogen and oxygen atoms in total. The van der Waals surface area contributed by atoms with Gasteiger partial charge in [0.2, 0.25) is 0 Å². The Bertz CT molecular complexity index is 912. The largest absolute Gasteiger partial charge is 0.322 e. The van der Waals surface area contributed by atoms with Crippen molar-refractivity contribution in [3.63, 3.8) is 0 Å². The van der Waals surface area contributed by atoms with Crippen LogP contribution in [0.4, 0.5) is 11.4 Å². The van der Waals surface area contributed by atoms with Crippen LogP contribution in [0.25, 0.3) is 0 Å². The second kappa shape index (κ2) is 7.66. The lowest BCUT2D eigenvalue weighted by molar-refractivity contribution is 0.101. The van der Waals surface area contributed by atoms with Crippen LogP contribution in [-0.4, -0.2) is 11.8 Å². The van der Waals surface area contributed by atoms with E-state index in [4.69, 9.17) is 0 Å². The molecule has 0 fully saturated rings. The molecule has 0 atom stereocenters. The summed E-state index contributed by atoms with van der Waals surface area (Å²) >= 11 is 0. The van der Waals surface area contributed by atoms with Gasteiger partial charge in [-0.15, -0.1) is 0 Å². The number of anilines is 2. The van der Waals surface area contributed by atoms with Crippen molar-refractivity contribution in [1.29, 1.82) is 0 Å². The highest BCUT2D eigenvalue weighted by molar-refractivity contribution is 6.07. The number of rotatable bonds is 4. The van der Waals surface area contributed by atoms with Gasteiger partial charge >= 0.3 is 0 Å². The minimum atomic E-state index is -0.210. The maximum absolute atomic E-state index is 12.5. The zero-order chi connectivity index (χ0) is 18.5. The van der Waals surface area contributed by atoms with Gasteiger partial charge in [-0.2, -0.15) is 0 Å². The summed E-state index contributed by atoms with van der Waals surface area (Å²) in [5.74, 6) is -0.407. The minimum absolute atomic E-state index is 0.197. The van der Waals surface area contributed by atoms with E-state index >= 15 is 0 Å². The van der Waals surface area contributed by atoms with E-state index < -0.39 is 0 Å². The standard InChI is InChI=1S/C22H20N2O2/c1-15-7-6-8-16(2)20(15)24-22(26)18-13-11-17(12-14-18)21(25)23-19-9-4-3-5-10-19/h3-14H,1-2H3,(H,23,25)(H,24,26). The highest BCUT2D eigenvalue weighted by atomic mass is 16.2. The van der Waals surface area contributed by atoms with Crippen LogP contribution in [0, 0.1) is 13.8 Å². The van der Waals surface area contributed by atoms with Crippen LogP contribution in [0.3, 0.4) is 0 Å². The van der Waals surface area contributed by atoms with Crippen LogP contribution in [-0.2, 0) is 0 Å². The predicted octanol–water partition coefficient (Wildman–Crippen LogP) is 4.81. The fourth-order valence-corrected chi connectivity index (χ4v) is 2.70. The number of carbonyl (C=O) groups excluding carboxylic acids is 2. The normalized spacial score (nSPS) is 10.2. The molecule has 3 aromatic carbocycles. The summed E-state index contributed by atoms with van der Waals surface area (Å²) in [5.41, 5.74) is 4.58. The third-order valence-electron chi connectivity index (χ3n) is 4.16. The second-order valence-electron chi connectivity index (χ2n) is 6.12. The molecule has 130 valence electrons. The van der Waals surface area contributed by atoms with Crippen LogP contribution in [0.5, 0.6) is 0 Å². The van der Waals surface area contributed by atoms with Crippen molar-refractivity contribution in [2.24, 2.45) is 0 Å². The highest BCUT2D eigenvalue weighted by Gasteiger charge is 2.11. The summed E-state index contributed by atoms with van der Waals surface area (Å²) in [5, 5.41) is 5.77. The van der Waals surface area contributed by atoms with Crippen molar-refractivity contribution < 1.29 is 9.59 Å². The molecule has 0 aliphatic heterocycles. The molecule has 0 aliphatic carbocycles. The molecule has 0 heterocycles. The molecule has 0 bridgehead atoms. The summed E-state index contributed by atoms with van der Waals surface area (Å²) in [6, 6.07) is 21.7. The molecule has 2 N–H and O–H groups in total. The highest BCUT2D eigenvalue weighted by Crippen LogP contribution is 2.20. The fraction of sp³-hybridized carbons (Fsp3) is 0.0909. The molecule has 0 aliphatic rings. The van der Waals surface area contributed by atoms with E-state index in [0.717, 1.165) is 22.5 Å². The Labute approximate surface area is 152 Å². The van der Waals surface area contributed by atoms with E-state index in [-0.39, 0.29) is 11.8 Å². The summed E-state index contributed by atoms with van der Waals surface area (Å²) in [6.45, 7) is 3.92. The summed E-state index contributed by atoms with van der Waals surface area (Å²) in [6.07, 6.45) is 0. The molecule has 0 aromatic heterocycles. The van der Waals surface area contributed by atoms with Crippen LogP contribution in [0.15, 0.2) is 72.8 Å². The minimum Gasteiger partial charge on any atom is -0.322 e. The summed E-state index contributed by atoms with van der Waals surface area (Å²) < 4.78 is 0. The smallest absolute Gasteiger partial charge is 0.255 e. The molecule has 3 rings (SSSR count). The van der Waals surface area contributed by atoms with Gasteiger partial charge in [-0.25, -0.2) is 0 Å². The van der Waals surface area contributed by atoms with Crippen LogP contribution in [0.2, 0.25) is 0 Å². The first-order valence-corrected chi connectivity index (χ1v) is 8.38. The lowest BCUT2D eigenvalue weighted by Gasteiger charge is -2.11. The number of hydrogen-bond acceptors (Lipinski definition) is 2. The van der Waals surface area contributed by atoms with Crippen molar-refractivity contribution in [3.05, 3.63) is 95.1 Å². The average Bonchev–Trinajstić information content (AvgIpc) is 2.65. The van der Waals surface area contributed by atoms with Gasteiger partial charge in [-0.05, 0) is 61.4 Å². The Balaban J connectivity index is 1.71. The number of para-hydroxylation sites is 2. The number of carbonyl (C=O) groups is 2. The third kappa shape index (κ3) is 3.98. The first-order chi connectivity index (χ1) is 12.5. The third-order valence-corrected chi connectivity index (χ3v) is 4.16. The Kier molecular flexibility index (Phi) is 5.13. The van der Waals surface area contributed by atoms with E-state index in [9.17, 15) is 9.59 Å². The van der Waals surface area contributed by atoms with Crippen LogP contribution >= 0.6 is 0 Å². The first kappa shape index (κ1) is 17.4. The van der Waals surface area contributed by atoms with E-state index in [1.54, 1.807) is 24.3 Å². The van der Waals surface area contributed by atoms with E-state index in [1.807, 2.05) is 62.4 Å². The van der Waals surface area contributed by atoms with E-state index in [2.05, 4.69) is 10.6 Å². The zero-order valence-electron chi connectivity index (χ0n) is 14.7. The van der Waals surface area contributed by atoms with E-state index in [0.29, 0.717) is 11.1 Å². The van der Waals surface area contributed by atoms with Gasteiger partial charge in [0.15, 0.2) is 0 Å². The molecule has 0 saturated heterocycles. The van der Waals surface area contributed by atoms with Crippen molar-refractivity contribution >= 4 is 23.2 Å². The van der Waals surface area contributed by atoms with Gasteiger partial charge in [0.05, 0.1) is 0 Å². The Morgan fingerprint density at radius 2 is 1.12 bits per heavy atom. The second-order valence-corrected chi connectivity index (χ2v) is 6.12. The fourth-order valence-electron chi connectivity index (χ4n) is 2.70. The van der Waals surface area contributed by atoms with Crippen molar-refractivity contribution in [3.8, 4) is 0 Å². The first-order valence-electron chi connectivity index (χ1n) is 8.38. The lowest BCUT2D eigenvalue weighted by atomic mass is 10.1. The number of hydrogen-bond donors (Lipinski definition) is 2. The van der Waals surface area contributed by atoms with Gasteiger partial charge < -0.3 is 10.6 Å². The Hall–Kier alpha value is -3.40. The van der Waals surface area contributed by atoms with Gasteiger partial charge in [-0.1, -0.05) is 36.4 Å². The maximum atomic E-state index is 12.5. The molecular formula is C22H20N2O2. The molecule has 0 saturated carbocycles. The molecule has 4 heteroatoms. The lowest BCUT2D eigenvalue weighted by Crippen LogP contribution is -2.15. The summed E-state index contributed by atoms with van der Waals surface area (Å²) in [4.78, 5) is 24.7. The molecule has 3 aromatic rings. The van der Waals surface area contributed by atoms with Crippen LogP contribution < -0.4 is 10.6 Å². The SMILES string of the molecule is Cc1cccc(C)c1NC(=O)c1ccc(C(=O)Nc2ccccc2)cc1. The van der Waals surface area contributed by atoms with Crippen molar-refractivity contribution in [2.75, 3.05) is 10.6 Å². The topological polar surface area (TPSA) is 58.2 Å². The monoisotopic (exact) mass is 344 g/mol. The number of benzene rings is 3. The van der Waals surface area contributed by atoms with E-state index in [1.165, 1.54) is 0 Å². The average molecular weight is 344 g/mol. The molecule has 0 radical (unpaired) electrons. The quantitative estimate of drug-likeness (QED) is 0.714. The Morgan fingerprint density at radius 3 is 1.65 bits per heavy atom. The van der Waals surface area contributed by atoms with Crippen LogP contribution in [0.1, 0.15) is 31.8 Å². The van der Waals surface area contributed by atoms with Gasteiger partial charge in [-0.3, -0.25) is 9.59 Å². The molecule has 0 unspecified atom stereocenters. The van der Waals surface area contributed by atoms with Gasteiger partial charge in [0.25, 0.3) is 11.8 Å². The maximum Gasteiger partial charge on any atom is 0.255 e. The predicted molar refractivity (Wildman–Crippen MR) is 105 cm³/mol. The zero-order valence-corrected chi connectivity index (χ0v) is 14.7.